The second-order valence-electron chi connectivity index (χ2n) is 5.41. The van der Waals surface area contributed by atoms with Crippen molar-refractivity contribution in [3.63, 3.8) is 0 Å². The molecule has 1 heterocycles. The van der Waals surface area contributed by atoms with Crippen molar-refractivity contribution in [1.82, 2.24) is 4.98 Å². The number of rotatable bonds is 2. The Balaban J connectivity index is 2.26. The van der Waals surface area contributed by atoms with E-state index in [0.29, 0.717) is 21.3 Å². The second-order valence-corrected chi connectivity index (χ2v) is 6.23. The van der Waals surface area contributed by atoms with Gasteiger partial charge in [0.15, 0.2) is 0 Å². The topological polar surface area (TPSA) is 56.6 Å². The van der Waals surface area contributed by atoms with E-state index in [1.807, 2.05) is 37.3 Å². The molecular weight excluding hydrogens is 343 g/mol. The summed E-state index contributed by atoms with van der Waals surface area (Å²) in [5.41, 5.74) is 3.41. The van der Waals surface area contributed by atoms with Gasteiger partial charge in [-0.15, -0.1) is 0 Å². The van der Waals surface area contributed by atoms with Gasteiger partial charge >= 0.3 is 0 Å². The van der Waals surface area contributed by atoms with Crippen molar-refractivity contribution in [2.75, 3.05) is 0 Å². The zero-order chi connectivity index (χ0) is 17.3. The predicted molar refractivity (Wildman–Crippen MR) is 97.4 cm³/mol. The van der Waals surface area contributed by atoms with Gasteiger partial charge in [0.05, 0.1) is 10.0 Å². The predicted octanol–water partition coefficient (Wildman–Crippen LogP) is 5.20. The summed E-state index contributed by atoms with van der Waals surface area (Å²) in [7, 11) is 0. The zero-order valence-electron chi connectivity index (χ0n) is 12.7. The lowest BCUT2D eigenvalue weighted by atomic mass is 9.98. The fourth-order valence-electron chi connectivity index (χ4n) is 2.53. The largest absolute Gasteiger partial charge is 0.321 e. The highest BCUT2D eigenvalue weighted by atomic mass is 35.5. The number of nitriles is 1. The molecule has 0 spiro atoms. The standard InChI is InChI=1S/C19H12Cl2N2O/c1-11-3-2-4-12(7-11)14-9-18(23-19(24)15(14)10-22)13-5-6-16(20)17(21)8-13/h2-9H,1H3,(H,23,24). The summed E-state index contributed by atoms with van der Waals surface area (Å²) in [5.74, 6) is 0. The lowest BCUT2D eigenvalue weighted by Crippen LogP contribution is -2.12. The average Bonchev–Trinajstić information content (AvgIpc) is 2.56. The minimum absolute atomic E-state index is 0.0874. The van der Waals surface area contributed by atoms with Gasteiger partial charge in [0.25, 0.3) is 5.56 Å². The van der Waals surface area contributed by atoms with Crippen LogP contribution < -0.4 is 5.56 Å². The van der Waals surface area contributed by atoms with Gasteiger partial charge < -0.3 is 4.98 Å². The molecular formula is C19H12Cl2N2O. The number of H-pyrrole nitrogens is 1. The van der Waals surface area contributed by atoms with Crippen LogP contribution in [-0.2, 0) is 0 Å². The van der Waals surface area contributed by atoms with Crippen LogP contribution in [0.3, 0.4) is 0 Å². The van der Waals surface area contributed by atoms with Gasteiger partial charge in [-0.25, -0.2) is 0 Å². The van der Waals surface area contributed by atoms with Crippen molar-refractivity contribution < 1.29 is 0 Å². The van der Waals surface area contributed by atoms with Crippen LogP contribution in [0.15, 0.2) is 53.3 Å². The number of halogens is 2. The molecule has 0 radical (unpaired) electrons. The van der Waals surface area contributed by atoms with Crippen LogP contribution in [-0.4, -0.2) is 4.98 Å². The van der Waals surface area contributed by atoms with Gasteiger partial charge in [-0.2, -0.15) is 5.26 Å². The SMILES string of the molecule is Cc1cccc(-c2cc(-c3ccc(Cl)c(Cl)c3)[nH]c(=O)c2C#N)c1. The molecule has 1 N–H and O–H groups in total. The van der Waals surface area contributed by atoms with Gasteiger partial charge in [0.2, 0.25) is 0 Å². The molecule has 0 fully saturated rings. The quantitative estimate of drug-likeness (QED) is 0.687. The normalized spacial score (nSPS) is 10.4. The molecule has 118 valence electrons. The monoisotopic (exact) mass is 354 g/mol. The molecule has 0 unspecified atom stereocenters. The van der Waals surface area contributed by atoms with Crippen molar-refractivity contribution in [1.29, 1.82) is 5.26 Å². The molecule has 0 atom stereocenters. The van der Waals surface area contributed by atoms with Gasteiger partial charge in [-0.3, -0.25) is 4.79 Å². The summed E-state index contributed by atoms with van der Waals surface area (Å²) in [6.45, 7) is 1.96. The fraction of sp³-hybridized carbons (Fsp3) is 0.0526. The smallest absolute Gasteiger partial charge is 0.266 e. The first-order valence-corrected chi connectivity index (χ1v) is 7.95. The summed E-state index contributed by atoms with van der Waals surface area (Å²) in [5, 5.41) is 10.2. The lowest BCUT2D eigenvalue weighted by Gasteiger charge is -2.09. The maximum atomic E-state index is 12.3. The highest BCUT2D eigenvalue weighted by molar-refractivity contribution is 6.42. The molecule has 0 aliphatic carbocycles. The zero-order valence-corrected chi connectivity index (χ0v) is 14.2. The van der Waals surface area contributed by atoms with Crippen LogP contribution in [0.2, 0.25) is 10.0 Å². The van der Waals surface area contributed by atoms with Crippen molar-refractivity contribution in [2.24, 2.45) is 0 Å². The summed E-state index contributed by atoms with van der Waals surface area (Å²) in [6.07, 6.45) is 0. The number of hydrogen-bond acceptors (Lipinski definition) is 2. The number of pyridine rings is 1. The van der Waals surface area contributed by atoms with Crippen LogP contribution in [0.4, 0.5) is 0 Å². The van der Waals surface area contributed by atoms with E-state index in [9.17, 15) is 10.1 Å². The van der Waals surface area contributed by atoms with Crippen LogP contribution in [0.5, 0.6) is 0 Å². The molecule has 0 bridgehead atoms. The van der Waals surface area contributed by atoms with Crippen molar-refractivity contribution in [3.8, 4) is 28.5 Å². The Morgan fingerprint density at radius 1 is 1.00 bits per heavy atom. The molecule has 2 aromatic carbocycles. The third-order valence-corrected chi connectivity index (χ3v) is 4.44. The van der Waals surface area contributed by atoms with Crippen LogP contribution in [0.25, 0.3) is 22.4 Å². The molecule has 0 amide bonds. The molecule has 5 heteroatoms. The van der Waals surface area contributed by atoms with Gasteiger partial charge in [-0.1, -0.05) is 59.1 Å². The Morgan fingerprint density at radius 3 is 2.46 bits per heavy atom. The van der Waals surface area contributed by atoms with Gasteiger partial charge in [0.1, 0.15) is 11.6 Å². The maximum Gasteiger partial charge on any atom is 0.266 e. The van der Waals surface area contributed by atoms with Crippen molar-refractivity contribution >= 4 is 23.2 Å². The highest BCUT2D eigenvalue weighted by Gasteiger charge is 2.13. The Morgan fingerprint density at radius 2 is 1.79 bits per heavy atom. The molecule has 0 saturated carbocycles. The van der Waals surface area contributed by atoms with Crippen LogP contribution >= 0.6 is 23.2 Å². The van der Waals surface area contributed by atoms with E-state index in [1.165, 1.54) is 0 Å². The number of hydrogen-bond donors (Lipinski definition) is 1. The van der Waals surface area contributed by atoms with E-state index in [4.69, 9.17) is 23.2 Å². The lowest BCUT2D eigenvalue weighted by molar-refractivity contribution is 1.22. The van der Waals surface area contributed by atoms with E-state index >= 15 is 0 Å². The van der Waals surface area contributed by atoms with E-state index in [-0.39, 0.29) is 5.56 Å². The Kier molecular flexibility index (Phi) is 4.44. The van der Waals surface area contributed by atoms with Gasteiger partial charge in [-0.05, 0) is 36.2 Å². The van der Waals surface area contributed by atoms with Crippen LogP contribution in [0, 0.1) is 18.3 Å². The number of nitrogens with one attached hydrogen (secondary N) is 1. The summed E-state index contributed by atoms with van der Waals surface area (Å²) >= 11 is 12.0. The Bertz CT molecular complexity index is 1030. The summed E-state index contributed by atoms with van der Waals surface area (Å²) in [6, 6.07) is 16.6. The Labute approximate surface area is 149 Å². The first-order chi connectivity index (χ1) is 11.5. The second kappa shape index (κ2) is 6.52. The molecule has 0 aliphatic rings. The average molecular weight is 355 g/mol. The van der Waals surface area contributed by atoms with Crippen LogP contribution in [0.1, 0.15) is 11.1 Å². The fourth-order valence-corrected chi connectivity index (χ4v) is 2.83. The van der Waals surface area contributed by atoms with Crippen molar-refractivity contribution in [2.45, 2.75) is 6.92 Å². The number of aromatic amines is 1. The highest BCUT2D eigenvalue weighted by Crippen LogP contribution is 2.30. The van der Waals surface area contributed by atoms with E-state index in [0.717, 1.165) is 16.7 Å². The first-order valence-electron chi connectivity index (χ1n) is 7.19. The molecule has 0 saturated heterocycles. The molecule has 0 aliphatic heterocycles. The van der Waals surface area contributed by atoms with Gasteiger partial charge in [0, 0.05) is 11.3 Å². The third kappa shape index (κ3) is 3.07. The van der Waals surface area contributed by atoms with Crippen molar-refractivity contribution in [3.05, 3.63) is 80.1 Å². The van der Waals surface area contributed by atoms with E-state index in [1.54, 1.807) is 24.3 Å². The Hall–Kier alpha value is -2.54. The molecule has 3 rings (SSSR count). The van der Waals surface area contributed by atoms with E-state index < -0.39 is 5.56 Å². The number of nitrogens with zero attached hydrogens (tertiary/aromatic N) is 1. The number of benzene rings is 2. The first kappa shape index (κ1) is 16.3. The molecule has 3 aromatic rings. The minimum Gasteiger partial charge on any atom is -0.321 e. The third-order valence-electron chi connectivity index (χ3n) is 3.70. The summed E-state index contributed by atoms with van der Waals surface area (Å²) in [4.78, 5) is 15.1. The van der Waals surface area contributed by atoms with E-state index in [2.05, 4.69) is 4.98 Å². The molecule has 24 heavy (non-hydrogen) atoms. The molecule has 3 nitrogen and oxygen atoms in total. The molecule has 1 aromatic heterocycles. The minimum atomic E-state index is -0.433. The number of aromatic nitrogens is 1. The number of aryl methyl sites for hydroxylation is 1. The summed E-state index contributed by atoms with van der Waals surface area (Å²) < 4.78 is 0. The maximum absolute atomic E-state index is 12.3.